The molecule has 1 aromatic carbocycles. The van der Waals surface area contributed by atoms with Crippen LogP contribution < -0.4 is 5.32 Å². The largest absolute Gasteiger partial charge is 0.507 e. The van der Waals surface area contributed by atoms with E-state index in [0.717, 1.165) is 12.1 Å². The Hall–Kier alpha value is -3.54. The highest BCUT2D eigenvalue weighted by molar-refractivity contribution is 6.02. The minimum Gasteiger partial charge on any atom is -0.507 e. The maximum Gasteiger partial charge on any atom is 0.347 e. The van der Waals surface area contributed by atoms with Crippen molar-refractivity contribution in [1.82, 2.24) is 15.3 Å². The van der Waals surface area contributed by atoms with Crippen LogP contribution in [0.1, 0.15) is 16.1 Å². The number of nitrogens with one attached hydrogen (secondary N) is 2. The van der Waals surface area contributed by atoms with Crippen molar-refractivity contribution in [3.8, 4) is 18.1 Å². The van der Waals surface area contributed by atoms with Gasteiger partial charge in [0.05, 0.1) is 25.6 Å². The van der Waals surface area contributed by atoms with Crippen molar-refractivity contribution in [2.24, 2.45) is 0 Å². The van der Waals surface area contributed by atoms with Crippen LogP contribution in [0.5, 0.6) is 11.5 Å². The summed E-state index contributed by atoms with van der Waals surface area (Å²) in [6.45, 7) is 5.06. The van der Waals surface area contributed by atoms with Crippen LogP contribution in [0.4, 0.5) is 5.69 Å². The zero-order valence-corrected chi connectivity index (χ0v) is 12.7. The Morgan fingerprint density at radius 2 is 2.08 bits per heavy atom. The quantitative estimate of drug-likeness (QED) is 0.603. The molecule has 1 heterocycles. The lowest BCUT2D eigenvalue weighted by Crippen LogP contribution is -2.43. The van der Waals surface area contributed by atoms with Gasteiger partial charge in [-0.25, -0.2) is 9.78 Å². The number of methoxy groups -OCH3 is 1. The molecule has 1 atom stereocenters. The Morgan fingerprint density at radius 3 is 2.58 bits per heavy atom. The zero-order chi connectivity index (χ0) is 17.7. The molecule has 0 unspecified atom stereocenters. The Kier molecular flexibility index (Phi) is 5.01. The van der Waals surface area contributed by atoms with Crippen molar-refractivity contribution in [1.29, 1.82) is 0 Å². The second kappa shape index (κ2) is 7.15. The number of rotatable bonds is 5. The molecule has 4 N–H and O–H groups in total. The van der Waals surface area contributed by atoms with Gasteiger partial charge in [0.15, 0.2) is 0 Å². The standard InChI is InChI=1S/C15H14N4O5/c1-16-8-4-11(20)13(12(21)5-8)14(22)19-10(15(23)24-2)3-9-6-17-7-18-9/h1,4-7,10H,3H2,2H3,(H3-,17,18,19,20,21,22)/p+1/t10-/m1/s1. The highest BCUT2D eigenvalue weighted by atomic mass is 16.5. The van der Waals surface area contributed by atoms with Gasteiger partial charge in [-0.15, -0.1) is 0 Å². The van der Waals surface area contributed by atoms with Crippen molar-refractivity contribution in [3.63, 3.8) is 0 Å². The molecule has 0 aliphatic carbocycles. The summed E-state index contributed by atoms with van der Waals surface area (Å²) in [6.07, 6.45) is 3.02. The fraction of sp³-hybridized carbons (Fsp3) is 0.200. The number of esters is 1. The Bertz CT molecular complexity index is 772. The smallest absolute Gasteiger partial charge is 0.347 e. The number of aromatic hydroxyl groups is 2. The minimum atomic E-state index is -1.04. The molecule has 24 heavy (non-hydrogen) atoms. The maximum atomic E-state index is 12.3. The number of aromatic amines is 1. The summed E-state index contributed by atoms with van der Waals surface area (Å²) in [5, 5.41) is 22.1. The van der Waals surface area contributed by atoms with Crippen molar-refractivity contribution < 1.29 is 24.5 Å². The Morgan fingerprint density at radius 1 is 1.42 bits per heavy atom. The second-order valence-electron chi connectivity index (χ2n) is 4.82. The third kappa shape index (κ3) is 3.61. The van der Waals surface area contributed by atoms with Crippen LogP contribution in [0.25, 0.3) is 4.85 Å². The number of H-pyrrole nitrogens is 1. The summed E-state index contributed by atoms with van der Waals surface area (Å²) in [5.41, 5.74) is 0.279. The van der Waals surface area contributed by atoms with E-state index in [2.05, 4.69) is 24.9 Å². The zero-order valence-electron chi connectivity index (χ0n) is 12.7. The number of hydrogen-bond acceptors (Lipinski definition) is 6. The monoisotopic (exact) mass is 331 g/mol. The molecule has 0 spiro atoms. The van der Waals surface area contributed by atoms with E-state index < -0.39 is 35.0 Å². The molecule has 124 valence electrons. The van der Waals surface area contributed by atoms with Crippen molar-refractivity contribution in [2.45, 2.75) is 12.5 Å². The number of nitrogens with zero attached hydrogens (tertiary/aromatic N) is 2. The fourth-order valence-electron chi connectivity index (χ4n) is 2.09. The van der Waals surface area contributed by atoms with E-state index in [1.165, 1.54) is 19.6 Å². The molecule has 9 heteroatoms. The van der Waals surface area contributed by atoms with E-state index in [1.54, 1.807) is 0 Å². The van der Waals surface area contributed by atoms with E-state index in [1.807, 2.05) is 0 Å². The van der Waals surface area contributed by atoms with Crippen LogP contribution in [0.2, 0.25) is 0 Å². The summed E-state index contributed by atoms with van der Waals surface area (Å²) in [7, 11) is 1.18. The first-order valence-corrected chi connectivity index (χ1v) is 6.79. The van der Waals surface area contributed by atoms with Gasteiger partial charge in [-0.3, -0.25) is 4.79 Å². The molecule has 2 aromatic rings. The molecule has 9 nitrogen and oxygen atoms in total. The lowest BCUT2D eigenvalue weighted by atomic mass is 10.1. The molecule has 0 saturated carbocycles. The molecule has 1 aromatic heterocycles. The summed E-state index contributed by atoms with van der Waals surface area (Å²) >= 11 is 0. The Balaban J connectivity index is 2.25. The predicted octanol–water partition coefficient (Wildman–Crippen LogP) is 0.929. The van der Waals surface area contributed by atoms with E-state index in [0.29, 0.717) is 5.69 Å². The molecular weight excluding hydrogens is 316 g/mol. The molecule has 1 amide bonds. The number of carbonyl (C=O) groups is 2. The van der Waals surface area contributed by atoms with E-state index in [9.17, 15) is 19.8 Å². The number of imidazole rings is 1. The third-order valence-electron chi connectivity index (χ3n) is 3.23. The summed E-state index contributed by atoms with van der Waals surface area (Å²) in [5.74, 6) is -2.60. The molecule has 0 radical (unpaired) electrons. The van der Waals surface area contributed by atoms with Crippen LogP contribution in [0, 0.1) is 6.57 Å². The molecule has 2 rings (SSSR count). The lowest BCUT2D eigenvalue weighted by Gasteiger charge is -2.16. The summed E-state index contributed by atoms with van der Waals surface area (Å²) in [4.78, 5) is 34.1. The van der Waals surface area contributed by atoms with Gasteiger partial charge in [-0.2, -0.15) is 0 Å². The summed E-state index contributed by atoms with van der Waals surface area (Å²) in [6, 6.07) is 1.17. The molecule has 0 saturated heterocycles. The van der Waals surface area contributed by atoms with Crippen molar-refractivity contribution in [3.05, 3.63) is 40.8 Å². The topological polar surface area (TPSA) is 129 Å². The number of aromatic nitrogens is 2. The first-order chi connectivity index (χ1) is 11.5. The van der Waals surface area contributed by atoms with Crippen molar-refractivity contribution in [2.75, 3.05) is 7.11 Å². The Labute approximate surface area is 136 Å². The minimum absolute atomic E-state index is 0.0866. The van der Waals surface area contributed by atoms with Gasteiger partial charge < -0.3 is 25.3 Å². The van der Waals surface area contributed by atoms with Gasteiger partial charge in [0, 0.05) is 18.3 Å². The van der Waals surface area contributed by atoms with Gasteiger partial charge in [-0.05, 0) is 4.85 Å². The van der Waals surface area contributed by atoms with E-state index in [-0.39, 0.29) is 12.1 Å². The van der Waals surface area contributed by atoms with Crippen molar-refractivity contribution >= 4 is 17.6 Å². The fourth-order valence-corrected chi connectivity index (χ4v) is 2.09. The van der Waals surface area contributed by atoms with Gasteiger partial charge >= 0.3 is 11.7 Å². The number of benzene rings is 1. The van der Waals surface area contributed by atoms with Gasteiger partial charge in [0.1, 0.15) is 23.1 Å². The van der Waals surface area contributed by atoms with Crippen LogP contribution in [0.15, 0.2) is 24.7 Å². The van der Waals surface area contributed by atoms with Crippen LogP contribution in [0.3, 0.4) is 0 Å². The highest BCUT2D eigenvalue weighted by Gasteiger charge is 2.27. The van der Waals surface area contributed by atoms with Gasteiger partial charge in [0.2, 0.25) is 0 Å². The molecular formula is C15H15N4O5+. The third-order valence-corrected chi connectivity index (χ3v) is 3.23. The summed E-state index contributed by atoms with van der Waals surface area (Å²) < 4.78 is 4.65. The number of phenols is 2. The average Bonchev–Trinajstić information content (AvgIpc) is 3.05. The predicted molar refractivity (Wildman–Crippen MR) is 83.3 cm³/mol. The SMILES string of the molecule is C#[N+]c1cc(O)c(C(=O)N[C@H](Cc2cnc[nH]2)C(=O)OC)c(O)c1. The highest BCUT2D eigenvalue weighted by Crippen LogP contribution is 2.32. The molecule has 0 aliphatic rings. The number of amides is 1. The number of hydrogen-bond donors (Lipinski definition) is 4. The average molecular weight is 331 g/mol. The normalized spacial score (nSPS) is 11.3. The number of carbonyl (C=O) groups excluding carboxylic acids is 2. The van der Waals surface area contributed by atoms with E-state index in [4.69, 9.17) is 6.57 Å². The van der Waals surface area contributed by atoms with Crippen LogP contribution in [-0.4, -0.2) is 45.2 Å². The first-order valence-electron chi connectivity index (χ1n) is 6.79. The second-order valence-corrected chi connectivity index (χ2v) is 4.82. The molecule has 0 bridgehead atoms. The number of ether oxygens (including phenoxy) is 1. The van der Waals surface area contributed by atoms with Crippen LogP contribution in [-0.2, 0) is 16.0 Å². The van der Waals surface area contributed by atoms with E-state index >= 15 is 0 Å². The lowest BCUT2D eigenvalue weighted by molar-refractivity contribution is -0.142. The molecule has 0 aliphatic heterocycles. The van der Waals surface area contributed by atoms with Crippen LogP contribution >= 0.6 is 0 Å². The van der Waals surface area contributed by atoms with Gasteiger partial charge in [-0.1, -0.05) is 0 Å². The first kappa shape index (κ1) is 16.8. The maximum absolute atomic E-state index is 12.3. The van der Waals surface area contributed by atoms with Gasteiger partial charge in [0.25, 0.3) is 12.5 Å². The number of phenolic OH excluding ortho intramolecular Hbond substituents is 2. The molecule has 0 fully saturated rings.